The topological polar surface area (TPSA) is 34.0 Å². The first kappa shape index (κ1) is 19.8. The van der Waals surface area contributed by atoms with E-state index in [1.54, 1.807) is 12.1 Å². The van der Waals surface area contributed by atoms with E-state index in [2.05, 4.69) is 73.3 Å². The van der Waals surface area contributed by atoms with Gasteiger partial charge in [0, 0.05) is 35.1 Å². The number of aromatic nitrogens is 1. The number of nitrogens with one attached hydrogen (secondary N) is 1. The largest absolute Gasteiger partial charge is 0.351 e. The first-order chi connectivity index (χ1) is 13.8. The Morgan fingerprint density at radius 3 is 2.38 bits per heavy atom. The molecule has 3 nitrogen and oxygen atoms in total. The zero-order valence-corrected chi connectivity index (χ0v) is 17.9. The Labute approximate surface area is 177 Å². The molecule has 150 valence electrons. The molecule has 2 aromatic carbocycles. The predicted octanol–water partition coefficient (Wildman–Crippen LogP) is 6.23. The Morgan fingerprint density at radius 2 is 1.72 bits per heavy atom. The molecule has 1 aliphatic rings. The van der Waals surface area contributed by atoms with Gasteiger partial charge in [-0.3, -0.25) is 4.79 Å². The van der Waals surface area contributed by atoms with Crippen LogP contribution in [0.4, 0.5) is 5.69 Å². The fourth-order valence-corrected chi connectivity index (χ4v) is 4.33. The third kappa shape index (κ3) is 4.11. The summed E-state index contributed by atoms with van der Waals surface area (Å²) in [6, 6.07) is 20.3. The van der Waals surface area contributed by atoms with Crippen LogP contribution in [0.1, 0.15) is 49.9 Å². The molecular weight excluding hydrogens is 380 g/mol. The molecule has 0 spiro atoms. The van der Waals surface area contributed by atoms with E-state index in [1.165, 1.54) is 16.8 Å². The number of halogens is 1. The van der Waals surface area contributed by atoms with Crippen molar-refractivity contribution in [1.82, 2.24) is 4.57 Å². The second-order valence-corrected chi connectivity index (χ2v) is 9.30. The Kier molecular flexibility index (Phi) is 5.26. The quantitative estimate of drug-likeness (QED) is 0.549. The van der Waals surface area contributed by atoms with Crippen molar-refractivity contribution in [3.8, 4) is 0 Å². The zero-order chi connectivity index (χ0) is 20.6. The van der Waals surface area contributed by atoms with Crippen LogP contribution in [0.15, 0.2) is 66.9 Å². The molecule has 1 amide bonds. The summed E-state index contributed by atoms with van der Waals surface area (Å²) in [6.07, 6.45) is 2.92. The SMILES string of the molecule is CC(C)(C)c1ccc(C2c3cccn3CCC2C(=O)Nc2ccc(Cl)cc2)cc1. The third-order valence-electron chi connectivity index (χ3n) is 5.85. The summed E-state index contributed by atoms with van der Waals surface area (Å²) in [5.41, 5.74) is 4.58. The van der Waals surface area contributed by atoms with Crippen molar-refractivity contribution < 1.29 is 4.79 Å². The maximum absolute atomic E-state index is 13.2. The van der Waals surface area contributed by atoms with Gasteiger partial charge in [0.1, 0.15) is 0 Å². The number of hydrogen-bond acceptors (Lipinski definition) is 1. The molecule has 0 bridgehead atoms. The van der Waals surface area contributed by atoms with Crippen molar-refractivity contribution in [2.24, 2.45) is 5.92 Å². The first-order valence-electron chi connectivity index (χ1n) is 10.1. The van der Waals surface area contributed by atoms with E-state index in [1.807, 2.05) is 12.1 Å². The molecule has 1 N–H and O–H groups in total. The van der Waals surface area contributed by atoms with Crippen molar-refractivity contribution in [3.63, 3.8) is 0 Å². The van der Waals surface area contributed by atoms with E-state index in [4.69, 9.17) is 11.6 Å². The number of carbonyl (C=O) groups is 1. The van der Waals surface area contributed by atoms with Gasteiger partial charge >= 0.3 is 0 Å². The maximum atomic E-state index is 13.2. The number of carbonyl (C=O) groups excluding carboxylic acids is 1. The minimum Gasteiger partial charge on any atom is -0.351 e. The smallest absolute Gasteiger partial charge is 0.228 e. The van der Waals surface area contributed by atoms with Gasteiger partial charge in [0.2, 0.25) is 5.91 Å². The summed E-state index contributed by atoms with van der Waals surface area (Å²) >= 11 is 5.97. The molecule has 1 aliphatic heterocycles. The van der Waals surface area contributed by atoms with Crippen molar-refractivity contribution in [1.29, 1.82) is 0 Å². The molecule has 0 saturated carbocycles. The Bertz CT molecular complexity index is 997. The van der Waals surface area contributed by atoms with Crippen molar-refractivity contribution in [2.75, 3.05) is 5.32 Å². The molecule has 0 radical (unpaired) electrons. The van der Waals surface area contributed by atoms with Crippen LogP contribution in [0.3, 0.4) is 0 Å². The summed E-state index contributed by atoms with van der Waals surface area (Å²) in [5, 5.41) is 3.75. The molecule has 1 aromatic heterocycles. The molecule has 2 atom stereocenters. The number of benzene rings is 2. The van der Waals surface area contributed by atoms with Gasteiger partial charge < -0.3 is 9.88 Å². The Hall–Kier alpha value is -2.52. The Morgan fingerprint density at radius 1 is 1.03 bits per heavy atom. The zero-order valence-electron chi connectivity index (χ0n) is 17.2. The lowest BCUT2D eigenvalue weighted by Gasteiger charge is -2.33. The summed E-state index contributed by atoms with van der Waals surface area (Å²) in [4.78, 5) is 13.2. The molecule has 2 unspecified atom stereocenters. The van der Waals surface area contributed by atoms with Crippen LogP contribution in [0, 0.1) is 5.92 Å². The van der Waals surface area contributed by atoms with Gasteiger partial charge in [-0.1, -0.05) is 56.6 Å². The van der Waals surface area contributed by atoms with Crippen molar-refractivity contribution in [2.45, 2.75) is 45.1 Å². The number of amides is 1. The summed E-state index contributed by atoms with van der Waals surface area (Å²) in [6.45, 7) is 7.51. The van der Waals surface area contributed by atoms with Gasteiger partial charge in [-0.05, 0) is 59.4 Å². The fraction of sp³-hybridized carbons (Fsp3) is 0.320. The molecule has 2 heterocycles. The van der Waals surface area contributed by atoms with E-state index in [9.17, 15) is 4.79 Å². The van der Waals surface area contributed by atoms with E-state index in [0.29, 0.717) is 5.02 Å². The minimum absolute atomic E-state index is 0.0417. The summed E-state index contributed by atoms with van der Waals surface area (Å²) in [7, 11) is 0. The second kappa shape index (κ2) is 7.72. The number of nitrogens with zero attached hydrogens (tertiary/aromatic N) is 1. The maximum Gasteiger partial charge on any atom is 0.228 e. The van der Waals surface area contributed by atoms with Crippen LogP contribution < -0.4 is 5.32 Å². The van der Waals surface area contributed by atoms with Gasteiger partial charge in [-0.2, -0.15) is 0 Å². The van der Waals surface area contributed by atoms with Crippen LogP contribution >= 0.6 is 11.6 Å². The minimum atomic E-state index is -0.117. The van der Waals surface area contributed by atoms with Crippen LogP contribution in [0.5, 0.6) is 0 Å². The molecular formula is C25H27ClN2O. The molecule has 29 heavy (non-hydrogen) atoms. The van der Waals surface area contributed by atoms with Crippen LogP contribution in [0.25, 0.3) is 0 Å². The van der Waals surface area contributed by atoms with Gasteiger partial charge in [0.15, 0.2) is 0 Å². The average molecular weight is 407 g/mol. The van der Waals surface area contributed by atoms with E-state index in [0.717, 1.165) is 18.7 Å². The van der Waals surface area contributed by atoms with Crippen molar-refractivity contribution in [3.05, 3.63) is 88.7 Å². The number of rotatable bonds is 3. The summed E-state index contributed by atoms with van der Waals surface area (Å²) in [5.74, 6) is -0.0155. The number of aryl methyl sites for hydroxylation is 1. The lowest BCUT2D eigenvalue weighted by atomic mass is 9.77. The molecule has 4 heteroatoms. The first-order valence-corrected chi connectivity index (χ1v) is 10.5. The van der Waals surface area contributed by atoms with Gasteiger partial charge in [0.05, 0.1) is 5.92 Å². The molecule has 3 aromatic rings. The fourth-order valence-electron chi connectivity index (χ4n) is 4.21. The monoisotopic (exact) mass is 406 g/mol. The van der Waals surface area contributed by atoms with Gasteiger partial charge in [0.25, 0.3) is 0 Å². The number of fused-ring (bicyclic) bond motifs is 1. The van der Waals surface area contributed by atoms with Gasteiger partial charge in [-0.25, -0.2) is 0 Å². The standard InChI is InChI=1S/C25H27ClN2O/c1-25(2,3)18-8-6-17(7-9-18)23-21(14-16-28-15-4-5-22(23)28)24(29)27-20-12-10-19(26)11-13-20/h4-13,15,21,23H,14,16H2,1-3H3,(H,27,29). The van der Waals surface area contributed by atoms with E-state index < -0.39 is 0 Å². The molecule has 0 fully saturated rings. The van der Waals surface area contributed by atoms with E-state index >= 15 is 0 Å². The predicted molar refractivity (Wildman–Crippen MR) is 120 cm³/mol. The van der Waals surface area contributed by atoms with Gasteiger partial charge in [-0.15, -0.1) is 0 Å². The van der Waals surface area contributed by atoms with Crippen molar-refractivity contribution >= 4 is 23.2 Å². The highest BCUT2D eigenvalue weighted by atomic mass is 35.5. The van der Waals surface area contributed by atoms with Crippen LogP contribution in [0.2, 0.25) is 5.02 Å². The molecule has 4 rings (SSSR count). The molecule has 0 aliphatic carbocycles. The average Bonchev–Trinajstić information content (AvgIpc) is 3.17. The number of hydrogen-bond donors (Lipinski definition) is 1. The highest BCUT2D eigenvalue weighted by Gasteiger charge is 2.35. The van der Waals surface area contributed by atoms with E-state index in [-0.39, 0.29) is 23.2 Å². The summed E-state index contributed by atoms with van der Waals surface area (Å²) < 4.78 is 2.27. The highest BCUT2D eigenvalue weighted by molar-refractivity contribution is 6.30. The normalized spacial score (nSPS) is 18.9. The lowest BCUT2D eigenvalue weighted by Crippen LogP contribution is -2.34. The third-order valence-corrected chi connectivity index (χ3v) is 6.10. The highest BCUT2D eigenvalue weighted by Crippen LogP contribution is 2.39. The number of anilines is 1. The van der Waals surface area contributed by atoms with Crippen LogP contribution in [-0.2, 0) is 16.8 Å². The molecule has 0 saturated heterocycles. The Balaban J connectivity index is 1.66. The lowest BCUT2D eigenvalue weighted by molar-refractivity contribution is -0.120. The second-order valence-electron chi connectivity index (χ2n) is 8.87. The van der Waals surface area contributed by atoms with Crippen LogP contribution in [-0.4, -0.2) is 10.5 Å².